The van der Waals surface area contributed by atoms with Gasteiger partial charge in [0, 0.05) is 6.21 Å². The van der Waals surface area contributed by atoms with E-state index in [4.69, 9.17) is 17.3 Å². The Morgan fingerprint density at radius 2 is 1.88 bits per heavy atom. The smallest absolute Gasteiger partial charge is 0.256 e. The predicted octanol–water partition coefficient (Wildman–Crippen LogP) is 3.66. The number of anilines is 2. The van der Waals surface area contributed by atoms with Gasteiger partial charge in [0.25, 0.3) is 5.91 Å². The van der Waals surface area contributed by atoms with E-state index in [1.165, 1.54) is 0 Å². The molecule has 2 aromatic carbocycles. The van der Waals surface area contributed by atoms with E-state index < -0.39 is 5.91 Å². The molecule has 3 aromatic rings. The Morgan fingerprint density at radius 1 is 1.17 bits per heavy atom. The van der Waals surface area contributed by atoms with Gasteiger partial charge in [0.05, 0.1) is 10.7 Å². The number of aromatic nitrogens is 2. The van der Waals surface area contributed by atoms with E-state index in [2.05, 4.69) is 20.5 Å². The number of nitrogens with one attached hydrogen (secondary N) is 2. The topological polar surface area (TPSA) is 96.2 Å². The number of hydrogen-bond donors (Lipinski definition) is 3. The fourth-order valence-corrected chi connectivity index (χ4v) is 2.30. The van der Waals surface area contributed by atoms with Crippen LogP contribution < -0.4 is 11.1 Å². The number of benzene rings is 2. The van der Waals surface area contributed by atoms with Crippen molar-refractivity contribution in [2.24, 2.45) is 10.7 Å². The van der Waals surface area contributed by atoms with Crippen molar-refractivity contribution < 1.29 is 4.79 Å². The number of carbonyl (C=O) groups is 1. The molecule has 6 nitrogen and oxygen atoms in total. The third-order valence-corrected chi connectivity index (χ3v) is 3.59. The third-order valence-electron chi connectivity index (χ3n) is 3.26. The summed E-state index contributed by atoms with van der Waals surface area (Å²) in [6, 6.07) is 16.6. The number of aromatic amines is 1. The van der Waals surface area contributed by atoms with Gasteiger partial charge in [-0.2, -0.15) is 5.10 Å². The highest BCUT2D eigenvalue weighted by Gasteiger charge is 2.18. The quantitative estimate of drug-likeness (QED) is 0.619. The van der Waals surface area contributed by atoms with Gasteiger partial charge >= 0.3 is 0 Å². The molecule has 0 atom stereocenters. The van der Waals surface area contributed by atoms with Crippen molar-refractivity contribution in [3.05, 3.63) is 70.7 Å². The number of amides is 1. The van der Waals surface area contributed by atoms with Gasteiger partial charge in [0.2, 0.25) is 0 Å². The van der Waals surface area contributed by atoms with E-state index >= 15 is 0 Å². The van der Waals surface area contributed by atoms with Crippen LogP contribution in [0.15, 0.2) is 59.6 Å². The van der Waals surface area contributed by atoms with Crippen molar-refractivity contribution in [1.29, 1.82) is 0 Å². The van der Waals surface area contributed by atoms with Gasteiger partial charge in [-0.05, 0) is 17.7 Å². The molecule has 0 saturated carbocycles. The van der Waals surface area contributed by atoms with E-state index in [-0.39, 0.29) is 11.4 Å². The van der Waals surface area contributed by atoms with Crippen LogP contribution in [0.4, 0.5) is 17.3 Å². The molecule has 3 rings (SSSR count). The van der Waals surface area contributed by atoms with Crippen molar-refractivity contribution >= 4 is 41.0 Å². The first-order valence-electron chi connectivity index (χ1n) is 7.14. The average molecular weight is 340 g/mol. The van der Waals surface area contributed by atoms with Gasteiger partial charge in [-0.1, -0.05) is 54.1 Å². The van der Waals surface area contributed by atoms with Crippen LogP contribution in [-0.2, 0) is 0 Å². The van der Waals surface area contributed by atoms with Gasteiger partial charge in [-0.3, -0.25) is 9.89 Å². The highest BCUT2D eigenvalue weighted by atomic mass is 35.5. The molecule has 0 saturated heterocycles. The summed E-state index contributed by atoms with van der Waals surface area (Å²) in [6.07, 6.45) is 1.61. The second-order valence-electron chi connectivity index (χ2n) is 4.94. The van der Waals surface area contributed by atoms with Crippen LogP contribution in [0.5, 0.6) is 0 Å². The molecule has 0 unspecified atom stereocenters. The Bertz CT molecular complexity index is 889. The normalized spacial score (nSPS) is 10.9. The molecule has 7 heteroatoms. The number of H-pyrrole nitrogens is 1. The number of hydrogen-bond acceptors (Lipinski definition) is 4. The van der Waals surface area contributed by atoms with Crippen LogP contribution >= 0.6 is 11.6 Å². The van der Waals surface area contributed by atoms with E-state index in [1.807, 2.05) is 42.5 Å². The second-order valence-corrected chi connectivity index (χ2v) is 5.34. The minimum absolute atomic E-state index is 0.169. The molecule has 0 spiro atoms. The SMILES string of the molecule is NC(=O)c1c(N=Cc2ccccc2)n[nH]c1Nc1ccccc1Cl. The maximum Gasteiger partial charge on any atom is 0.256 e. The monoisotopic (exact) mass is 339 g/mol. The standard InChI is InChI=1S/C17H14ClN5O/c18-12-8-4-5-9-13(12)21-17-14(15(19)24)16(22-23-17)20-10-11-6-2-1-3-7-11/h1-10H,(H2,19,24)(H2,21,22,23). The van der Waals surface area contributed by atoms with Crippen LogP contribution in [0, 0.1) is 0 Å². The molecule has 1 heterocycles. The lowest BCUT2D eigenvalue weighted by Gasteiger charge is -2.06. The molecule has 1 amide bonds. The molecule has 0 fully saturated rings. The molecule has 24 heavy (non-hydrogen) atoms. The van der Waals surface area contributed by atoms with Crippen molar-refractivity contribution in [3.63, 3.8) is 0 Å². The van der Waals surface area contributed by atoms with Crippen molar-refractivity contribution in [2.45, 2.75) is 0 Å². The summed E-state index contributed by atoms with van der Waals surface area (Å²) >= 11 is 6.11. The Labute approximate surface area is 143 Å². The summed E-state index contributed by atoms with van der Waals surface area (Å²) in [5.41, 5.74) is 7.16. The van der Waals surface area contributed by atoms with Gasteiger partial charge in [-0.15, -0.1) is 0 Å². The number of nitrogens with zero attached hydrogens (tertiary/aromatic N) is 2. The molecule has 0 aliphatic heterocycles. The van der Waals surface area contributed by atoms with E-state index in [1.54, 1.807) is 18.3 Å². The van der Waals surface area contributed by atoms with E-state index in [0.717, 1.165) is 5.56 Å². The highest BCUT2D eigenvalue weighted by Crippen LogP contribution is 2.29. The fourth-order valence-electron chi connectivity index (χ4n) is 2.12. The van der Waals surface area contributed by atoms with Crippen LogP contribution in [-0.4, -0.2) is 22.3 Å². The maximum atomic E-state index is 11.8. The number of nitrogens with two attached hydrogens (primary N) is 1. The summed E-state index contributed by atoms with van der Waals surface area (Å²) < 4.78 is 0. The Hall–Kier alpha value is -3.12. The van der Waals surface area contributed by atoms with Crippen molar-refractivity contribution in [1.82, 2.24) is 10.2 Å². The largest absolute Gasteiger partial charge is 0.365 e. The van der Waals surface area contributed by atoms with Crippen LogP contribution in [0.2, 0.25) is 5.02 Å². The Kier molecular flexibility index (Phi) is 4.58. The first kappa shape index (κ1) is 15.8. The van der Waals surface area contributed by atoms with Crippen molar-refractivity contribution in [2.75, 3.05) is 5.32 Å². The first-order chi connectivity index (χ1) is 11.6. The molecule has 0 aliphatic rings. The predicted molar refractivity (Wildman–Crippen MR) is 95.5 cm³/mol. The number of para-hydroxylation sites is 1. The Morgan fingerprint density at radius 3 is 2.58 bits per heavy atom. The molecular formula is C17H14ClN5O. The lowest BCUT2D eigenvalue weighted by atomic mass is 10.2. The zero-order chi connectivity index (χ0) is 16.9. The molecule has 120 valence electrons. The van der Waals surface area contributed by atoms with Gasteiger partial charge < -0.3 is 11.1 Å². The molecule has 4 N–H and O–H groups in total. The van der Waals surface area contributed by atoms with Crippen LogP contribution in [0.1, 0.15) is 15.9 Å². The summed E-state index contributed by atoms with van der Waals surface area (Å²) in [5.74, 6) is -0.0877. The molecule has 0 radical (unpaired) electrons. The third kappa shape index (κ3) is 3.44. The molecule has 0 bridgehead atoms. The first-order valence-corrected chi connectivity index (χ1v) is 7.52. The van der Waals surface area contributed by atoms with E-state index in [0.29, 0.717) is 16.5 Å². The molecule has 0 aliphatic carbocycles. The summed E-state index contributed by atoms with van der Waals surface area (Å²) in [7, 11) is 0. The minimum Gasteiger partial charge on any atom is -0.365 e. The lowest BCUT2D eigenvalue weighted by molar-refractivity contribution is 0.100. The summed E-state index contributed by atoms with van der Waals surface area (Å²) in [6.45, 7) is 0. The average Bonchev–Trinajstić information content (AvgIpc) is 2.99. The second kappa shape index (κ2) is 6.97. The van der Waals surface area contributed by atoms with Crippen LogP contribution in [0.3, 0.4) is 0 Å². The number of halogens is 1. The minimum atomic E-state index is -0.640. The maximum absolute atomic E-state index is 11.8. The van der Waals surface area contributed by atoms with Gasteiger partial charge in [0.1, 0.15) is 11.4 Å². The molecular weight excluding hydrogens is 326 g/mol. The molecule has 1 aromatic heterocycles. The summed E-state index contributed by atoms with van der Waals surface area (Å²) in [4.78, 5) is 16.0. The number of primary amides is 1. The number of rotatable bonds is 5. The number of aliphatic imine (C=N–C) groups is 1. The van der Waals surface area contributed by atoms with E-state index in [9.17, 15) is 4.79 Å². The number of carbonyl (C=O) groups excluding carboxylic acids is 1. The zero-order valence-corrected chi connectivity index (χ0v) is 13.3. The zero-order valence-electron chi connectivity index (χ0n) is 12.5. The summed E-state index contributed by atoms with van der Waals surface area (Å²) in [5, 5.41) is 10.3. The van der Waals surface area contributed by atoms with Gasteiger partial charge in [-0.25, -0.2) is 4.99 Å². The lowest BCUT2D eigenvalue weighted by Crippen LogP contribution is -2.12. The van der Waals surface area contributed by atoms with Crippen molar-refractivity contribution in [3.8, 4) is 0 Å². The van der Waals surface area contributed by atoms with Gasteiger partial charge in [0.15, 0.2) is 5.82 Å². The Balaban J connectivity index is 1.92. The fraction of sp³-hybridized carbons (Fsp3) is 0. The van der Waals surface area contributed by atoms with Crippen LogP contribution in [0.25, 0.3) is 0 Å². The highest BCUT2D eigenvalue weighted by molar-refractivity contribution is 6.33.